The Morgan fingerprint density at radius 3 is 2.32 bits per heavy atom. The molecule has 1 aliphatic heterocycles. The lowest BCUT2D eigenvalue weighted by atomic mass is 9.96. The summed E-state index contributed by atoms with van der Waals surface area (Å²) in [7, 11) is -1.97. The number of hydrogen-bond donors (Lipinski definition) is 1. The summed E-state index contributed by atoms with van der Waals surface area (Å²) >= 11 is 0. The molecule has 1 saturated heterocycles. The highest BCUT2D eigenvalue weighted by atomic mass is 32.2. The van der Waals surface area contributed by atoms with Gasteiger partial charge in [0.05, 0.1) is 18.0 Å². The monoisotopic (exact) mass is 444 g/mol. The number of hydrogen-bond acceptors (Lipinski definition) is 4. The summed E-state index contributed by atoms with van der Waals surface area (Å²) in [5, 5.41) is 3.10. The van der Waals surface area contributed by atoms with Gasteiger partial charge < -0.3 is 10.1 Å². The number of rotatable bonds is 8. The molecule has 1 N–H and O–H groups in total. The molecule has 0 saturated carbocycles. The number of sulfonamides is 1. The summed E-state index contributed by atoms with van der Waals surface area (Å²) in [4.78, 5) is 13.3. The molecule has 1 heterocycles. The van der Waals surface area contributed by atoms with Crippen LogP contribution < -0.4 is 10.1 Å². The Morgan fingerprint density at radius 2 is 1.74 bits per heavy atom. The lowest BCUT2D eigenvalue weighted by molar-refractivity contribution is 0.0931. The fourth-order valence-corrected chi connectivity index (χ4v) is 5.68. The minimum absolute atomic E-state index is 0.182. The lowest BCUT2D eigenvalue weighted by Gasteiger charge is -2.22. The van der Waals surface area contributed by atoms with E-state index in [1.807, 2.05) is 24.3 Å². The van der Waals surface area contributed by atoms with Crippen LogP contribution in [0.5, 0.6) is 5.75 Å². The van der Waals surface area contributed by atoms with Crippen molar-refractivity contribution in [3.63, 3.8) is 0 Å². The Hall–Kier alpha value is -2.38. The van der Waals surface area contributed by atoms with Crippen LogP contribution in [-0.2, 0) is 10.0 Å². The first kappa shape index (κ1) is 23.3. The van der Waals surface area contributed by atoms with Gasteiger partial charge in [-0.05, 0) is 67.5 Å². The molecule has 2 aromatic carbocycles. The molecule has 0 aliphatic carbocycles. The molecule has 0 spiro atoms. The number of ether oxygens (including phenoxy) is 1. The normalized spacial score (nSPS) is 15.8. The summed E-state index contributed by atoms with van der Waals surface area (Å²) in [6.45, 7) is 7.05. The van der Waals surface area contributed by atoms with Crippen molar-refractivity contribution < 1.29 is 17.9 Å². The molecule has 2 aromatic rings. The second-order valence-electron chi connectivity index (χ2n) is 8.52. The molecule has 6 nitrogen and oxygen atoms in total. The third kappa shape index (κ3) is 5.46. The number of carbonyl (C=O) groups excluding carboxylic acids is 1. The summed E-state index contributed by atoms with van der Waals surface area (Å²) in [5.74, 6) is 0.851. The molecular formula is C24H32N2O4S. The van der Waals surface area contributed by atoms with Crippen LogP contribution in [0.2, 0.25) is 0 Å². The van der Waals surface area contributed by atoms with Crippen LogP contribution in [-0.4, -0.2) is 38.8 Å². The van der Waals surface area contributed by atoms with Gasteiger partial charge >= 0.3 is 0 Å². The number of aryl methyl sites for hydroxylation is 1. The number of carbonyl (C=O) groups is 1. The van der Waals surface area contributed by atoms with Crippen molar-refractivity contribution in [3.8, 4) is 5.75 Å². The van der Waals surface area contributed by atoms with Crippen LogP contribution >= 0.6 is 0 Å². The quantitative estimate of drug-likeness (QED) is 0.658. The van der Waals surface area contributed by atoms with Crippen molar-refractivity contribution in [2.45, 2.75) is 51.0 Å². The van der Waals surface area contributed by atoms with Crippen molar-refractivity contribution in [3.05, 3.63) is 59.2 Å². The zero-order chi connectivity index (χ0) is 22.6. The number of nitrogens with one attached hydrogen (secondary N) is 1. The van der Waals surface area contributed by atoms with E-state index in [-0.39, 0.29) is 16.8 Å². The Balaban J connectivity index is 1.86. The topological polar surface area (TPSA) is 75.7 Å². The maximum absolute atomic E-state index is 13.1. The molecule has 1 amide bonds. The van der Waals surface area contributed by atoms with Crippen LogP contribution in [0.3, 0.4) is 0 Å². The first-order valence-electron chi connectivity index (χ1n) is 10.8. The maximum Gasteiger partial charge on any atom is 0.251 e. The smallest absolute Gasteiger partial charge is 0.251 e. The highest BCUT2D eigenvalue weighted by Crippen LogP contribution is 2.27. The molecule has 0 unspecified atom stereocenters. The molecule has 1 aliphatic rings. The fourth-order valence-electron chi connectivity index (χ4n) is 3.91. The predicted molar refractivity (Wildman–Crippen MR) is 122 cm³/mol. The summed E-state index contributed by atoms with van der Waals surface area (Å²) in [6, 6.07) is 12.4. The number of nitrogens with zero attached hydrogens (tertiary/aromatic N) is 1. The zero-order valence-corrected chi connectivity index (χ0v) is 19.5. The first-order chi connectivity index (χ1) is 14.7. The number of benzene rings is 2. The third-order valence-corrected chi connectivity index (χ3v) is 7.70. The molecule has 0 aromatic heterocycles. The van der Waals surface area contributed by atoms with E-state index in [9.17, 15) is 13.2 Å². The maximum atomic E-state index is 13.1. The summed E-state index contributed by atoms with van der Waals surface area (Å²) < 4.78 is 32.9. The van der Waals surface area contributed by atoms with E-state index in [0.717, 1.165) is 30.6 Å². The highest BCUT2D eigenvalue weighted by Gasteiger charge is 2.29. The summed E-state index contributed by atoms with van der Waals surface area (Å²) in [5.41, 5.74) is 1.99. The van der Waals surface area contributed by atoms with Gasteiger partial charge in [0.1, 0.15) is 5.75 Å². The van der Waals surface area contributed by atoms with Crippen molar-refractivity contribution in [1.82, 2.24) is 9.62 Å². The Labute approximate surface area is 185 Å². The van der Waals surface area contributed by atoms with Crippen LogP contribution in [0.1, 0.15) is 60.6 Å². The van der Waals surface area contributed by atoms with Gasteiger partial charge in [0.15, 0.2) is 0 Å². The minimum Gasteiger partial charge on any atom is -0.497 e. The standard InChI is InChI=1S/C24H32N2O4S/c1-17(2)15-22(19-9-11-21(30-4)12-10-19)25-24(27)20-8-7-18(3)23(16-20)31(28,29)26-13-5-6-14-26/h7-12,16-17,22H,5-6,13-15H2,1-4H3,(H,25,27)/t22-/m0/s1. The third-order valence-electron chi connectivity index (χ3n) is 5.66. The van der Waals surface area contributed by atoms with E-state index in [2.05, 4.69) is 19.2 Å². The Kier molecular flexibility index (Phi) is 7.38. The predicted octanol–water partition coefficient (Wildman–Crippen LogP) is 4.31. The van der Waals surface area contributed by atoms with Crippen molar-refractivity contribution in [2.75, 3.05) is 20.2 Å². The molecule has 31 heavy (non-hydrogen) atoms. The fraction of sp³-hybridized carbons (Fsp3) is 0.458. The Morgan fingerprint density at radius 1 is 1.10 bits per heavy atom. The molecule has 0 bridgehead atoms. The average molecular weight is 445 g/mol. The van der Waals surface area contributed by atoms with Crippen LogP contribution in [0.4, 0.5) is 0 Å². The molecule has 0 radical (unpaired) electrons. The van der Waals surface area contributed by atoms with Gasteiger partial charge in [0, 0.05) is 18.7 Å². The average Bonchev–Trinajstić information content (AvgIpc) is 3.29. The Bertz CT molecular complexity index is 1010. The van der Waals surface area contributed by atoms with E-state index in [0.29, 0.717) is 30.1 Å². The molecule has 168 valence electrons. The van der Waals surface area contributed by atoms with E-state index in [1.54, 1.807) is 26.2 Å². The minimum atomic E-state index is -3.59. The second-order valence-corrected chi connectivity index (χ2v) is 10.4. The van der Waals surface area contributed by atoms with E-state index in [4.69, 9.17) is 4.74 Å². The van der Waals surface area contributed by atoms with Gasteiger partial charge in [-0.3, -0.25) is 4.79 Å². The van der Waals surface area contributed by atoms with Gasteiger partial charge in [-0.15, -0.1) is 0 Å². The van der Waals surface area contributed by atoms with Crippen LogP contribution in [0, 0.1) is 12.8 Å². The van der Waals surface area contributed by atoms with Crippen molar-refractivity contribution in [1.29, 1.82) is 0 Å². The van der Waals surface area contributed by atoms with Gasteiger partial charge in [-0.2, -0.15) is 4.31 Å². The lowest BCUT2D eigenvalue weighted by Crippen LogP contribution is -2.31. The molecule has 7 heteroatoms. The first-order valence-corrected chi connectivity index (χ1v) is 12.2. The highest BCUT2D eigenvalue weighted by molar-refractivity contribution is 7.89. The van der Waals surface area contributed by atoms with Gasteiger partial charge in [-0.1, -0.05) is 32.0 Å². The largest absolute Gasteiger partial charge is 0.497 e. The number of methoxy groups -OCH3 is 1. The SMILES string of the molecule is COc1ccc([C@H](CC(C)C)NC(=O)c2ccc(C)c(S(=O)(=O)N3CCCC3)c2)cc1. The molecule has 3 rings (SSSR count). The molecular weight excluding hydrogens is 412 g/mol. The summed E-state index contributed by atoms with van der Waals surface area (Å²) in [6.07, 6.45) is 2.51. The van der Waals surface area contributed by atoms with E-state index in [1.165, 1.54) is 10.4 Å². The van der Waals surface area contributed by atoms with Gasteiger partial charge in [0.2, 0.25) is 10.0 Å². The van der Waals surface area contributed by atoms with E-state index < -0.39 is 10.0 Å². The number of amides is 1. The van der Waals surface area contributed by atoms with Crippen molar-refractivity contribution in [2.24, 2.45) is 5.92 Å². The van der Waals surface area contributed by atoms with Crippen LogP contribution in [0.25, 0.3) is 0 Å². The second kappa shape index (κ2) is 9.83. The van der Waals surface area contributed by atoms with Gasteiger partial charge in [-0.25, -0.2) is 8.42 Å². The van der Waals surface area contributed by atoms with Crippen LogP contribution in [0.15, 0.2) is 47.4 Å². The van der Waals surface area contributed by atoms with E-state index >= 15 is 0 Å². The van der Waals surface area contributed by atoms with Crippen molar-refractivity contribution >= 4 is 15.9 Å². The molecule has 1 atom stereocenters. The zero-order valence-electron chi connectivity index (χ0n) is 18.7. The molecule has 1 fully saturated rings. The van der Waals surface area contributed by atoms with Gasteiger partial charge in [0.25, 0.3) is 5.91 Å².